The molecule has 1 aliphatic heterocycles. The maximum absolute atomic E-state index is 12.8. The second kappa shape index (κ2) is 9.02. The average Bonchev–Trinajstić information content (AvgIpc) is 3.01. The van der Waals surface area contributed by atoms with Crippen molar-refractivity contribution in [3.05, 3.63) is 60.2 Å². The highest BCUT2D eigenvalue weighted by atomic mass is 16.2. The van der Waals surface area contributed by atoms with Gasteiger partial charge in [-0.15, -0.1) is 0 Å². The number of amides is 4. The van der Waals surface area contributed by atoms with E-state index >= 15 is 0 Å². The van der Waals surface area contributed by atoms with Gasteiger partial charge in [0.2, 0.25) is 11.8 Å². The van der Waals surface area contributed by atoms with E-state index in [0.717, 1.165) is 24.8 Å². The van der Waals surface area contributed by atoms with Crippen molar-refractivity contribution in [1.29, 1.82) is 0 Å². The largest absolute Gasteiger partial charge is 0.353 e. The highest BCUT2D eigenvalue weighted by molar-refractivity contribution is 5.99. The number of carbonyl (C=O) groups excluding carboxylic acids is 3. The summed E-state index contributed by atoms with van der Waals surface area (Å²) < 4.78 is 0. The molecular formula is C25H30N4O3. The number of benzene rings is 2. The molecule has 1 heterocycles. The van der Waals surface area contributed by atoms with Crippen molar-refractivity contribution in [2.24, 2.45) is 17.3 Å². The monoisotopic (exact) mass is 434 g/mol. The molecule has 2 aromatic rings. The molecule has 2 aliphatic rings. The third-order valence-corrected chi connectivity index (χ3v) is 6.73. The number of urea groups is 1. The Bertz CT molecular complexity index is 1010. The zero-order valence-corrected chi connectivity index (χ0v) is 18.5. The van der Waals surface area contributed by atoms with Crippen LogP contribution in [-0.4, -0.2) is 23.9 Å². The van der Waals surface area contributed by atoms with E-state index in [4.69, 9.17) is 0 Å². The molecule has 3 atom stereocenters. The molecule has 32 heavy (non-hydrogen) atoms. The second-order valence-electron chi connectivity index (χ2n) is 9.28. The molecule has 2 fully saturated rings. The summed E-state index contributed by atoms with van der Waals surface area (Å²) in [5.74, 6) is 0.226. The number of hydrogen-bond acceptors (Lipinski definition) is 3. The van der Waals surface area contributed by atoms with E-state index in [1.165, 1.54) is 0 Å². The highest BCUT2D eigenvalue weighted by Crippen LogP contribution is 2.45. The zero-order chi connectivity index (χ0) is 22.7. The summed E-state index contributed by atoms with van der Waals surface area (Å²) in [6.07, 6.45) is 2.35. The van der Waals surface area contributed by atoms with E-state index in [0.29, 0.717) is 17.9 Å². The van der Waals surface area contributed by atoms with Gasteiger partial charge in [-0.05, 0) is 55.0 Å². The van der Waals surface area contributed by atoms with E-state index in [1.807, 2.05) is 68.4 Å². The fourth-order valence-electron chi connectivity index (χ4n) is 4.81. The van der Waals surface area contributed by atoms with Gasteiger partial charge in [0.15, 0.2) is 0 Å². The predicted molar refractivity (Wildman–Crippen MR) is 124 cm³/mol. The van der Waals surface area contributed by atoms with E-state index in [9.17, 15) is 14.4 Å². The van der Waals surface area contributed by atoms with Gasteiger partial charge in [0.25, 0.3) is 0 Å². The maximum atomic E-state index is 12.8. The maximum Gasteiger partial charge on any atom is 0.323 e. The molecule has 1 aliphatic carbocycles. The first-order valence-electron chi connectivity index (χ1n) is 11.1. The van der Waals surface area contributed by atoms with Crippen molar-refractivity contribution in [2.45, 2.75) is 45.7 Å². The first-order chi connectivity index (χ1) is 15.3. The lowest BCUT2D eigenvalue weighted by atomic mass is 9.68. The Kier molecular flexibility index (Phi) is 6.17. The lowest BCUT2D eigenvalue weighted by molar-refractivity contribution is -0.129. The van der Waals surface area contributed by atoms with Crippen LogP contribution in [0.3, 0.4) is 0 Å². The van der Waals surface area contributed by atoms with Crippen LogP contribution in [0.2, 0.25) is 0 Å². The van der Waals surface area contributed by atoms with Gasteiger partial charge < -0.3 is 21.3 Å². The summed E-state index contributed by atoms with van der Waals surface area (Å²) >= 11 is 0. The van der Waals surface area contributed by atoms with E-state index in [-0.39, 0.29) is 35.7 Å². The SMILES string of the molecule is CC1(C)C(=O)NC2CCC(C(=O)NCc3cccc(NC(=O)Nc4ccccc4)c3)CC21. The Morgan fingerprint density at radius 2 is 1.72 bits per heavy atom. The van der Waals surface area contributed by atoms with Crippen LogP contribution in [0.5, 0.6) is 0 Å². The van der Waals surface area contributed by atoms with Gasteiger partial charge in [-0.3, -0.25) is 9.59 Å². The van der Waals surface area contributed by atoms with Gasteiger partial charge in [0, 0.05) is 35.3 Å². The van der Waals surface area contributed by atoms with Gasteiger partial charge in [-0.1, -0.05) is 44.2 Å². The summed E-state index contributed by atoms with van der Waals surface area (Å²) in [5, 5.41) is 11.7. The molecular weight excluding hydrogens is 404 g/mol. The minimum Gasteiger partial charge on any atom is -0.353 e. The Labute approximate surface area is 188 Å². The number of hydrogen-bond donors (Lipinski definition) is 4. The lowest BCUT2D eigenvalue weighted by Gasteiger charge is -2.35. The number of para-hydroxylation sites is 1. The molecule has 168 valence electrons. The molecule has 3 unspecified atom stereocenters. The van der Waals surface area contributed by atoms with E-state index in [2.05, 4.69) is 21.3 Å². The molecule has 7 heteroatoms. The number of carbonyl (C=O) groups is 3. The van der Waals surface area contributed by atoms with Crippen molar-refractivity contribution in [2.75, 3.05) is 10.6 Å². The number of fused-ring (bicyclic) bond motifs is 1. The summed E-state index contributed by atoms with van der Waals surface area (Å²) in [6.45, 7) is 4.33. The summed E-state index contributed by atoms with van der Waals surface area (Å²) in [5.41, 5.74) is 1.85. The van der Waals surface area contributed by atoms with E-state index in [1.54, 1.807) is 0 Å². The standard InChI is InChI=1S/C25H30N4O3/c1-25(2)20-14-17(11-12-21(20)29-23(25)31)22(30)26-15-16-7-6-10-19(13-16)28-24(32)27-18-8-4-3-5-9-18/h3-10,13,17,20-21H,11-12,14-15H2,1-2H3,(H,26,30)(H,29,31)(H2,27,28,32). The molecule has 2 aromatic carbocycles. The minimum absolute atomic E-state index is 0.0266. The third kappa shape index (κ3) is 4.77. The molecule has 7 nitrogen and oxygen atoms in total. The lowest BCUT2D eigenvalue weighted by Crippen LogP contribution is -2.41. The topological polar surface area (TPSA) is 99.3 Å². The number of rotatable bonds is 5. The van der Waals surface area contributed by atoms with Gasteiger partial charge >= 0.3 is 6.03 Å². The van der Waals surface area contributed by atoms with Gasteiger partial charge in [-0.25, -0.2) is 4.79 Å². The van der Waals surface area contributed by atoms with Gasteiger partial charge in [0.1, 0.15) is 0 Å². The van der Waals surface area contributed by atoms with Crippen LogP contribution in [0, 0.1) is 17.3 Å². The average molecular weight is 435 g/mol. The first kappa shape index (κ1) is 21.9. The molecule has 4 amide bonds. The van der Waals surface area contributed by atoms with Crippen LogP contribution in [0.1, 0.15) is 38.7 Å². The quantitative estimate of drug-likeness (QED) is 0.575. The third-order valence-electron chi connectivity index (χ3n) is 6.73. The van der Waals surface area contributed by atoms with Crippen LogP contribution in [0.15, 0.2) is 54.6 Å². The molecule has 0 radical (unpaired) electrons. The predicted octanol–water partition coefficient (Wildman–Crippen LogP) is 3.89. The van der Waals surface area contributed by atoms with Gasteiger partial charge in [0.05, 0.1) is 0 Å². The summed E-state index contributed by atoms with van der Waals surface area (Å²) in [7, 11) is 0. The number of anilines is 2. The van der Waals surface area contributed by atoms with Crippen molar-refractivity contribution in [3.63, 3.8) is 0 Å². The zero-order valence-electron chi connectivity index (χ0n) is 18.5. The molecule has 4 rings (SSSR count). The molecule has 4 N–H and O–H groups in total. The van der Waals surface area contributed by atoms with Gasteiger partial charge in [-0.2, -0.15) is 0 Å². The molecule has 0 spiro atoms. The first-order valence-corrected chi connectivity index (χ1v) is 11.1. The number of nitrogens with one attached hydrogen (secondary N) is 4. The van der Waals surface area contributed by atoms with Crippen molar-refractivity contribution in [1.82, 2.24) is 10.6 Å². The van der Waals surface area contributed by atoms with Crippen LogP contribution >= 0.6 is 0 Å². The van der Waals surface area contributed by atoms with Crippen molar-refractivity contribution >= 4 is 29.2 Å². The normalized spacial score (nSPS) is 23.6. The molecule has 0 bridgehead atoms. The Morgan fingerprint density at radius 3 is 2.50 bits per heavy atom. The van der Waals surface area contributed by atoms with Crippen LogP contribution < -0.4 is 21.3 Å². The molecule has 1 saturated heterocycles. The van der Waals surface area contributed by atoms with Crippen LogP contribution in [-0.2, 0) is 16.1 Å². The van der Waals surface area contributed by atoms with Crippen molar-refractivity contribution < 1.29 is 14.4 Å². The summed E-state index contributed by atoms with van der Waals surface area (Å²) in [4.78, 5) is 37.2. The second-order valence-corrected chi connectivity index (χ2v) is 9.28. The summed E-state index contributed by atoms with van der Waals surface area (Å²) in [6, 6.07) is 16.5. The Morgan fingerprint density at radius 1 is 1.00 bits per heavy atom. The fraction of sp³-hybridized carbons (Fsp3) is 0.400. The highest BCUT2D eigenvalue weighted by Gasteiger charge is 2.51. The Balaban J connectivity index is 1.30. The van der Waals surface area contributed by atoms with Crippen LogP contribution in [0.25, 0.3) is 0 Å². The van der Waals surface area contributed by atoms with E-state index < -0.39 is 5.41 Å². The van der Waals surface area contributed by atoms with Crippen LogP contribution in [0.4, 0.5) is 16.2 Å². The fourth-order valence-corrected chi connectivity index (χ4v) is 4.81. The smallest absolute Gasteiger partial charge is 0.323 e. The molecule has 1 saturated carbocycles. The minimum atomic E-state index is -0.427. The van der Waals surface area contributed by atoms with Crippen molar-refractivity contribution in [3.8, 4) is 0 Å². The Hall–Kier alpha value is -3.35. The molecule has 0 aromatic heterocycles.